The summed E-state index contributed by atoms with van der Waals surface area (Å²) < 4.78 is 5.30. The number of nitrogens with one attached hydrogen (secondary N) is 1. The highest BCUT2D eigenvalue weighted by molar-refractivity contribution is 6.06. The molecule has 0 unspecified atom stereocenters. The number of carbonyl (C=O) groups is 1. The van der Waals surface area contributed by atoms with Crippen LogP contribution in [0, 0.1) is 0 Å². The number of hydrogen-bond donors (Lipinski definition) is 1. The van der Waals surface area contributed by atoms with Crippen molar-refractivity contribution in [1.29, 1.82) is 0 Å². The normalized spacial score (nSPS) is 14.8. The van der Waals surface area contributed by atoms with Gasteiger partial charge in [-0.05, 0) is 24.3 Å². The van der Waals surface area contributed by atoms with Crippen molar-refractivity contribution in [3.63, 3.8) is 0 Å². The summed E-state index contributed by atoms with van der Waals surface area (Å²) in [6, 6.07) is 13.7. The molecule has 1 saturated heterocycles. The van der Waals surface area contributed by atoms with Gasteiger partial charge in [0.15, 0.2) is 0 Å². The molecule has 2 heterocycles. The van der Waals surface area contributed by atoms with Gasteiger partial charge in [0.1, 0.15) is 5.75 Å². The number of benzene rings is 2. The number of ether oxygens (including phenoxy) is 1. The average molecular weight is 336 g/mol. The van der Waals surface area contributed by atoms with Crippen molar-refractivity contribution in [2.75, 3.05) is 38.2 Å². The Morgan fingerprint density at radius 3 is 2.72 bits per heavy atom. The lowest BCUT2D eigenvalue weighted by Gasteiger charge is -2.36. The van der Waals surface area contributed by atoms with Crippen molar-refractivity contribution in [1.82, 2.24) is 15.1 Å². The summed E-state index contributed by atoms with van der Waals surface area (Å²) in [7, 11) is 1.67. The molecule has 2 aromatic carbocycles. The molecule has 0 aliphatic carbocycles. The number of aromatic amines is 1. The fraction of sp³-hybridized carbons (Fsp3) is 0.263. The maximum atomic E-state index is 12.9. The van der Waals surface area contributed by atoms with Crippen LogP contribution in [0.1, 0.15) is 10.4 Å². The SMILES string of the molecule is COc1cccc(N2CCN(C(=O)c3cccc4[nH]ncc34)CC2)c1. The number of nitrogens with zero attached hydrogens (tertiary/aromatic N) is 3. The van der Waals surface area contributed by atoms with Crippen LogP contribution < -0.4 is 9.64 Å². The van der Waals surface area contributed by atoms with Crippen molar-refractivity contribution in [2.24, 2.45) is 0 Å². The molecule has 4 rings (SSSR count). The molecule has 1 aliphatic heterocycles. The third-order valence-electron chi connectivity index (χ3n) is 4.70. The first-order chi connectivity index (χ1) is 12.3. The molecular formula is C19H20N4O2. The van der Waals surface area contributed by atoms with E-state index in [0.29, 0.717) is 18.7 Å². The second kappa shape index (κ2) is 6.47. The Morgan fingerprint density at radius 1 is 1.12 bits per heavy atom. The van der Waals surface area contributed by atoms with Gasteiger partial charge in [0.2, 0.25) is 0 Å². The highest BCUT2D eigenvalue weighted by Gasteiger charge is 2.23. The average Bonchev–Trinajstić information content (AvgIpc) is 3.16. The number of piperazine rings is 1. The van der Waals surface area contributed by atoms with Gasteiger partial charge in [0.25, 0.3) is 5.91 Å². The molecule has 1 N–H and O–H groups in total. The Balaban J connectivity index is 1.48. The van der Waals surface area contributed by atoms with Crippen LogP contribution >= 0.6 is 0 Å². The van der Waals surface area contributed by atoms with Crippen LogP contribution in [-0.2, 0) is 0 Å². The quantitative estimate of drug-likeness (QED) is 0.798. The van der Waals surface area contributed by atoms with Crippen LogP contribution in [0.2, 0.25) is 0 Å². The summed E-state index contributed by atoms with van der Waals surface area (Å²) in [5.41, 5.74) is 2.73. The third kappa shape index (κ3) is 2.91. The van der Waals surface area contributed by atoms with E-state index in [1.165, 1.54) is 0 Å². The highest BCUT2D eigenvalue weighted by Crippen LogP contribution is 2.23. The Hall–Kier alpha value is -3.02. The molecule has 128 valence electrons. The zero-order valence-electron chi connectivity index (χ0n) is 14.1. The van der Waals surface area contributed by atoms with Crippen LogP contribution in [0.5, 0.6) is 5.75 Å². The second-order valence-corrected chi connectivity index (χ2v) is 6.12. The first-order valence-electron chi connectivity index (χ1n) is 8.36. The highest BCUT2D eigenvalue weighted by atomic mass is 16.5. The minimum atomic E-state index is 0.0669. The van der Waals surface area contributed by atoms with Crippen molar-refractivity contribution in [2.45, 2.75) is 0 Å². The van der Waals surface area contributed by atoms with Gasteiger partial charge in [0.05, 0.1) is 24.4 Å². The largest absolute Gasteiger partial charge is 0.497 e. The number of carbonyl (C=O) groups excluding carboxylic acids is 1. The minimum absolute atomic E-state index is 0.0669. The molecule has 0 bridgehead atoms. The van der Waals surface area contributed by atoms with Gasteiger partial charge in [-0.25, -0.2) is 0 Å². The molecule has 6 nitrogen and oxygen atoms in total. The van der Waals surface area contributed by atoms with Crippen LogP contribution in [0.15, 0.2) is 48.7 Å². The molecule has 0 spiro atoms. The standard InChI is InChI=1S/C19H20N4O2/c1-25-15-5-2-4-14(12-15)22-8-10-23(11-9-22)19(24)16-6-3-7-18-17(16)13-20-21-18/h2-7,12-13H,8-11H2,1H3,(H,20,21). The summed E-state index contributed by atoms with van der Waals surface area (Å²) in [5, 5.41) is 7.84. The molecule has 1 aliphatic rings. The van der Waals surface area contributed by atoms with E-state index in [0.717, 1.165) is 35.4 Å². The number of methoxy groups -OCH3 is 1. The summed E-state index contributed by atoms with van der Waals surface area (Å²) in [5.74, 6) is 0.917. The van der Waals surface area contributed by atoms with E-state index in [1.54, 1.807) is 13.3 Å². The van der Waals surface area contributed by atoms with Crippen molar-refractivity contribution < 1.29 is 9.53 Å². The number of hydrogen-bond acceptors (Lipinski definition) is 4. The first kappa shape index (κ1) is 15.5. The lowest BCUT2D eigenvalue weighted by atomic mass is 10.1. The number of aromatic nitrogens is 2. The molecule has 6 heteroatoms. The lowest BCUT2D eigenvalue weighted by molar-refractivity contribution is 0.0749. The fourth-order valence-electron chi connectivity index (χ4n) is 3.30. The number of anilines is 1. The van der Waals surface area contributed by atoms with E-state index in [4.69, 9.17) is 4.74 Å². The Bertz CT molecular complexity index is 897. The van der Waals surface area contributed by atoms with E-state index in [2.05, 4.69) is 21.2 Å². The first-order valence-corrected chi connectivity index (χ1v) is 8.36. The minimum Gasteiger partial charge on any atom is -0.497 e. The van der Waals surface area contributed by atoms with E-state index in [-0.39, 0.29) is 5.91 Å². The number of fused-ring (bicyclic) bond motifs is 1. The van der Waals surface area contributed by atoms with Gasteiger partial charge in [-0.3, -0.25) is 9.89 Å². The van der Waals surface area contributed by atoms with Crippen LogP contribution in [-0.4, -0.2) is 54.3 Å². The van der Waals surface area contributed by atoms with Crippen LogP contribution in [0.3, 0.4) is 0 Å². The van der Waals surface area contributed by atoms with Gasteiger partial charge in [0, 0.05) is 43.3 Å². The maximum absolute atomic E-state index is 12.9. The Kier molecular flexibility index (Phi) is 4.01. The smallest absolute Gasteiger partial charge is 0.254 e. The fourth-order valence-corrected chi connectivity index (χ4v) is 3.30. The molecule has 0 saturated carbocycles. The third-order valence-corrected chi connectivity index (χ3v) is 4.70. The maximum Gasteiger partial charge on any atom is 0.254 e. The number of H-pyrrole nitrogens is 1. The van der Waals surface area contributed by atoms with E-state index in [1.807, 2.05) is 41.3 Å². The monoisotopic (exact) mass is 336 g/mol. The van der Waals surface area contributed by atoms with Crippen LogP contribution in [0.4, 0.5) is 5.69 Å². The molecule has 3 aromatic rings. The van der Waals surface area contributed by atoms with Gasteiger partial charge in [-0.15, -0.1) is 0 Å². The Labute approximate surface area is 146 Å². The van der Waals surface area contributed by atoms with Gasteiger partial charge in [-0.2, -0.15) is 5.10 Å². The predicted octanol–water partition coefficient (Wildman–Crippen LogP) is 2.53. The zero-order chi connectivity index (χ0) is 17.2. The van der Waals surface area contributed by atoms with Gasteiger partial charge in [-0.1, -0.05) is 12.1 Å². The van der Waals surface area contributed by atoms with Crippen molar-refractivity contribution in [3.05, 3.63) is 54.2 Å². The topological polar surface area (TPSA) is 61.5 Å². The summed E-state index contributed by atoms with van der Waals surface area (Å²) >= 11 is 0. The van der Waals surface area contributed by atoms with Crippen LogP contribution in [0.25, 0.3) is 10.9 Å². The number of rotatable bonds is 3. The molecular weight excluding hydrogens is 316 g/mol. The Morgan fingerprint density at radius 2 is 1.92 bits per heavy atom. The number of amides is 1. The molecule has 25 heavy (non-hydrogen) atoms. The summed E-state index contributed by atoms with van der Waals surface area (Å²) in [4.78, 5) is 17.1. The van der Waals surface area contributed by atoms with E-state index < -0.39 is 0 Å². The van der Waals surface area contributed by atoms with Crippen molar-refractivity contribution >= 4 is 22.5 Å². The van der Waals surface area contributed by atoms with Gasteiger partial charge >= 0.3 is 0 Å². The molecule has 0 radical (unpaired) electrons. The molecule has 0 atom stereocenters. The lowest BCUT2D eigenvalue weighted by Crippen LogP contribution is -2.48. The zero-order valence-corrected chi connectivity index (χ0v) is 14.1. The second-order valence-electron chi connectivity index (χ2n) is 6.12. The summed E-state index contributed by atoms with van der Waals surface area (Å²) in [6.07, 6.45) is 1.72. The molecule has 1 amide bonds. The van der Waals surface area contributed by atoms with E-state index >= 15 is 0 Å². The van der Waals surface area contributed by atoms with Crippen molar-refractivity contribution in [3.8, 4) is 5.75 Å². The molecule has 1 fully saturated rings. The van der Waals surface area contributed by atoms with E-state index in [9.17, 15) is 4.79 Å². The molecule has 1 aromatic heterocycles. The summed E-state index contributed by atoms with van der Waals surface area (Å²) in [6.45, 7) is 3.01. The predicted molar refractivity (Wildman–Crippen MR) is 97.2 cm³/mol. The van der Waals surface area contributed by atoms with Gasteiger partial charge < -0.3 is 14.5 Å².